The maximum atomic E-state index is 4.83. The van der Waals surface area contributed by atoms with E-state index >= 15 is 0 Å². The molecule has 3 heteroatoms. The van der Waals surface area contributed by atoms with Crippen molar-refractivity contribution in [1.29, 1.82) is 0 Å². The molecule has 0 aliphatic carbocycles. The van der Waals surface area contributed by atoms with Crippen LogP contribution in [-0.2, 0) is 4.74 Å². The summed E-state index contributed by atoms with van der Waals surface area (Å²) in [5.74, 6) is 0. The van der Waals surface area contributed by atoms with Gasteiger partial charge in [0, 0.05) is 6.54 Å². The van der Waals surface area contributed by atoms with E-state index in [0.29, 0.717) is 0 Å². The van der Waals surface area contributed by atoms with Crippen molar-refractivity contribution in [1.82, 2.24) is 5.32 Å². The molecule has 0 amide bonds. The standard InChI is InChI=1S/C3H5BrNO/c4-3-1-5-2-6-3/h2-3,5H,1H2. The molecule has 6 heavy (non-hydrogen) atoms. The van der Waals surface area contributed by atoms with Gasteiger partial charge in [0.05, 0.1) is 0 Å². The zero-order valence-corrected chi connectivity index (χ0v) is 4.73. The van der Waals surface area contributed by atoms with Gasteiger partial charge in [-0.2, -0.15) is 0 Å². The first kappa shape index (κ1) is 4.56. The highest BCUT2D eigenvalue weighted by atomic mass is 79.9. The van der Waals surface area contributed by atoms with Gasteiger partial charge in [0.2, 0.25) is 0 Å². The summed E-state index contributed by atoms with van der Waals surface area (Å²) in [7, 11) is 0. The molecule has 1 heterocycles. The van der Waals surface area contributed by atoms with Crippen LogP contribution in [0.15, 0.2) is 0 Å². The van der Waals surface area contributed by atoms with E-state index in [-0.39, 0.29) is 5.01 Å². The van der Waals surface area contributed by atoms with Crippen LogP contribution >= 0.6 is 15.9 Å². The first-order valence-electron chi connectivity index (χ1n) is 1.74. The van der Waals surface area contributed by atoms with Crippen LogP contribution in [0.4, 0.5) is 0 Å². The van der Waals surface area contributed by atoms with Gasteiger partial charge in [-0.3, -0.25) is 5.32 Å². The molecular weight excluding hydrogens is 146 g/mol. The molecular formula is C3H5BrNO. The molecule has 1 fully saturated rings. The lowest BCUT2D eigenvalue weighted by Crippen LogP contribution is -2.05. The molecule has 0 bridgehead atoms. The monoisotopic (exact) mass is 150 g/mol. The van der Waals surface area contributed by atoms with Crippen molar-refractivity contribution in [3.8, 4) is 0 Å². The van der Waals surface area contributed by atoms with Gasteiger partial charge in [0.15, 0.2) is 0 Å². The Bertz CT molecular complexity index is 44.1. The van der Waals surface area contributed by atoms with Crippen LogP contribution in [0.1, 0.15) is 0 Å². The van der Waals surface area contributed by atoms with Crippen LogP contribution in [0.5, 0.6) is 0 Å². The predicted octanol–water partition coefficient (Wildman–Crippen LogP) is 0.446. The Morgan fingerprint density at radius 3 is 3.00 bits per heavy atom. The zero-order valence-electron chi connectivity index (χ0n) is 3.15. The molecule has 1 aliphatic heterocycles. The van der Waals surface area contributed by atoms with Crippen molar-refractivity contribution in [2.45, 2.75) is 5.01 Å². The lowest BCUT2D eigenvalue weighted by molar-refractivity contribution is 0.234. The number of rotatable bonds is 0. The highest BCUT2D eigenvalue weighted by Gasteiger charge is 2.08. The van der Waals surface area contributed by atoms with E-state index in [4.69, 9.17) is 4.74 Å². The van der Waals surface area contributed by atoms with Crippen LogP contribution in [0.2, 0.25) is 0 Å². The van der Waals surface area contributed by atoms with Crippen molar-refractivity contribution in [2.75, 3.05) is 6.54 Å². The molecule has 0 aromatic carbocycles. The number of alkyl halides is 1. The number of hydrogen-bond donors (Lipinski definition) is 1. The molecule has 1 unspecified atom stereocenters. The molecule has 2 nitrogen and oxygen atoms in total. The van der Waals surface area contributed by atoms with Crippen molar-refractivity contribution >= 4 is 15.9 Å². The van der Waals surface area contributed by atoms with Crippen LogP contribution in [-0.4, -0.2) is 11.6 Å². The number of halogens is 1. The molecule has 0 spiro atoms. The van der Waals surface area contributed by atoms with E-state index in [1.165, 1.54) is 0 Å². The first-order valence-corrected chi connectivity index (χ1v) is 2.66. The van der Waals surface area contributed by atoms with Crippen molar-refractivity contribution in [3.05, 3.63) is 6.73 Å². The molecule has 0 aromatic heterocycles. The minimum absolute atomic E-state index is 0.192. The number of ether oxygens (including phenoxy) is 1. The van der Waals surface area contributed by atoms with E-state index in [9.17, 15) is 0 Å². The molecule has 1 atom stereocenters. The third-order valence-electron chi connectivity index (χ3n) is 0.577. The largest absolute Gasteiger partial charge is 0.343 e. The molecule has 1 aliphatic rings. The summed E-state index contributed by atoms with van der Waals surface area (Å²) in [5.41, 5.74) is 0. The Morgan fingerprint density at radius 2 is 2.83 bits per heavy atom. The summed E-state index contributed by atoms with van der Waals surface area (Å²) < 4.78 is 4.83. The quantitative estimate of drug-likeness (QED) is 0.507. The van der Waals surface area contributed by atoms with E-state index in [1.807, 2.05) is 0 Å². The average Bonchev–Trinajstić information content (AvgIpc) is 1.86. The SMILES string of the molecule is BrC1CN[CH]O1. The second-order valence-electron chi connectivity index (χ2n) is 1.07. The van der Waals surface area contributed by atoms with Gasteiger partial charge >= 0.3 is 0 Å². The van der Waals surface area contributed by atoms with Crippen molar-refractivity contribution < 1.29 is 4.74 Å². The highest BCUT2D eigenvalue weighted by molar-refractivity contribution is 9.09. The fourth-order valence-corrected chi connectivity index (χ4v) is 0.606. The molecule has 1 rings (SSSR count). The second kappa shape index (κ2) is 1.91. The minimum atomic E-state index is 0.192. The Balaban J connectivity index is 2.18. The normalized spacial score (nSPS) is 34.5. The average molecular weight is 151 g/mol. The molecule has 1 radical (unpaired) electrons. The summed E-state index contributed by atoms with van der Waals surface area (Å²) in [6.45, 7) is 2.46. The van der Waals surface area contributed by atoms with E-state index in [1.54, 1.807) is 6.73 Å². The first-order chi connectivity index (χ1) is 2.89. The topological polar surface area (TPSA) is 21.3 Å². The van der Waals surface area contributed by atoms with Gasteiger partial charge in [-0.25, -0.2) is 0 Å². The molecule has 1 N–H and O–H groups in total. The van der Waals surface area contributed by atoms with Gasteiger partial charge in [-0.1, -0.05) is 15.9 Å². The van der Waals surface area contributed by atoms with Gasteiger partial charge < -0.3 is 4.74 Å². The van der Waals surface area contributed by atoms with Crippen molar-refractivity contribution in [3.63, 3.8) is 0 Å². The van der Waals surface area contributed by atoms with E-state index in [0.717, 1.165) is 6.54 Å². The van der Waals surface area contributed by atoms with E-state index < -0.39 is 0 Å². The Hall–Kier alpha value is 0.400. The number of hydrogen-bond acceptors (Lipinski definition) is 2. The summed E-state index contributed by atoms with van der Waals surface area (Å²) in [6.07, 6.45) is 0. The lowest BCUT2D eigenvalue weighted by Gasteiger charge is -1.89. The molecule has 0 saturated carbocycles. The minimum Gasteiger partial charge on any atom is -0.343 e. The van der Waals surface area contributed by atoms with Crippen LogP contribution in [0.3, 0.4) is 0 Å². The molecule has 35 valence electrons. The summed E-state index contributed by atoms with van der Waals surface area (Å²) >= 11 is 3.22. The summed E-state index contributed by atoms with van der Waals surface area (Å²) in [4.78, 5) is 0. The third-order valence-corrected chi connectivity index (χ3v) is 1.12. The van der Waals surface area contributed by atoms with Gasteiger partial charge in [-0.15, -0.1) is 0 Å². The Kier molecular flexibility index (Phi) is 1.45. The maximum absolute atomic E-state index is 4.83. The van der Waals surface area contributed by atoms with E-state index in [2.05, 4.69) is 21.2 Å². The fourth-order valence-electron chi connectivity index (χ4n) is 0.311. The number of nitrogens with one attached hydrogen (secondary N) is 1. The Labute approximate surface area is 45.0 Å². The van der Waals surface area contributed by atoms with Crippen molar-refractivity contribution in [2.24, 2.45) is 0 Å². The predicted molar refractivity (Wildman–Crippen MR) is 26.1 cm³/mol. The smallest absolute Gasteiger partial charge is 0.149 e. The van der Waals surface area contributed by atoms with Crippen LogP contribution in [0, 0.1) is 6.73 Å². The zero-order chi connectivity index (χ0) is 4.41. The lowest BCUT2D eigenvalue weighted by atomic mass is 10.7. The third kappa shape index (κ3) is 0.929. The van der Waals surface area contributed by atoms with Crippen LogP contribution in [0.25, 0.3) is 0 Å². The van der Waals surface area contributed by atoms with Gasteiger partial charge in [-0.05, 0) is 0 Å². The van der Waals surface area contributed by atoms with Gasteiger partial charge in [0.1, 0.15) is 11.7 Å². The van der Waals surface area contributed by atoms with Gasteiger partial charge in [0.25, 0.3) is 0 Å². The Morgan fingerprint density at radius 1 is 2.00 bits per heavy atom. The highest BCUT2D eigenvalue weighted by Crippen LogP contribution is 2.05. The van der Waals surface area contributed by atoms with Crippen LogP contribution < -0.4 is 5.32 Å². The summed E-state index contributed by atoms with van der Waals surface area (Å²) in [6, 6.07) is 0. The molecule has 0 aromatic rings. The second-order valence-corrected chi connectivity index (χ2v) is 2.09. The summed E-state index contributed by atoms with van der Waals surface area (Å²) in [5, 5.41) is 3.07. The fraction of sp³-hybridized carbons (Fsp3) is 0.667. The maximum Gasteiger partial charge on any atom is 0.149 e. The molecule has 1 saturated heterocycles.